The van der Waals surface area contributed by atoms with Gasteiger partial charge in [0.25, 0.3) is 0 Å². The summed E-state index contributed by atoms with van der Waals surface area (Å²) in [5, 5.41) is 21.1. The smallest absolute Gasteiger partial charge is 0.239 e. The Morgan fingerprint density at radius 3 is 2.42 bits per heavy atom. The number of rotatable bonds is 8. The fourth-order valence-corrected chi connectivity index (χ4v) is 5.05. The summed E-state index contributed by atoms with van der Waals surface area (Å²) >= 11 is 4.41. The van der Waals surface area contributed by atoms with Crippen LogP contribution in [-0.4, -0.2) is 36.1 Å². The van der Waals surface area contributed by atoms with Gasteiger partial charge in [0.15, 0.2) is 5.16 Å². The van der Waals surface area contributed by atoms with E-state index >= 15 is 0 Å². The van der Waals surface area contributed by atoms with Gasteiger partial charge in [0.05, 0.1) is 11.0 Å². The molecule has 1 N–H and O–H groups in total. The van der Waals surface area contributed by atoms with E-state index in [1.54, 1.807) is 11.8 Å². The van der Waals surface area contributed by atoms with Gasteiger partial charge < -0.3 is 0 Å². The number of anilines is 1. The summed E-state index contributed by atoms with van der Waals surface area (Å²) in [6, 6.07) is 20.1. The molecule has 2 aromatic heterocycles. The van der Waals surface area contributed by atoms with E-state index in [1.807, 2.05) is 66.9 Å². The molecule has 7 nitrogen and oxygen atoms in total. The van der Waals surface area contributed by atoms with Gasteiger partial charge in [-0.05, 0) is 38.1 Å². The van der Waals surface area contributed by atoms with Crippen molar-refractivity contribution in [2.24, 2.45) is 0 Å². The number of carbonyl (C=O) groups excluding carboxylic acids is 1. The molecule has 10 heteroatoms. The molecule has 4 rings (SSSR count). The van der Waals surface area contributed by atoms with Crippen molar-refractivity contribution in [3.05, 3.63) is 71.5 Å². The van der Waals surface area contributed by atoms with Crippen molar-refractivity contribution in [1.29, 1.82) is 0 Å². The molecule has 1 atom stereocenters. The predicted octanol–water partition coefficient (Wildman–Crippen LogP) is 4.84. The average molecular weight is 469 g/mol. The monoisotopic (exact) mass is 468 g/mol. The van der Waals surface area contributed by atoms with Gasteiger partial charge in [-0.25, -0.2) is 0 Å². The topological polar surface area (TPSA) is 85.6 Å². The third-order valence-electron chi connectivity index (χ3n) is 4.23. The predicted molar refractivity (Wildman–Crippen MR) is 126 cm³/mol. The molecule has 2 heterocycles. The highest BCUT2D eigenvalue weighted by Crippen LogP contribution is 2.29. The van der Waals surface area contributed by atoms with Gasteiger partial charge in [0.1, 0.15) is 10.8 Å². The summed E-state index contributed by atoms with van der Waals surface area (Å²) in [4.78, 5) is 13.8. The maximum Gasteiger partial charge on any atom is 0.239 e. The van der Waals surface area contributed by atoms with Crippen molar-refractivity contribution >= 4 is 45.9 Å². The zero-order chi connectivity index (χ0) is 21.6. The lowest BCUT2D eigenvalue weighted by Crippen LogP contribution is -2.22. The maximum absolute atomic E-state index is 12.6. The maximum atomic E-state index is 12.6. The van der Waals surface area contributed by atoms with E-state index in [2.05, 4.69) is 37.8 Å². The minimum Gasteiger partial charge on any atom is -0.300 e. The number of aryl methyl sites for hydroxylation is 1. The number of hydrogen-bond acceptors (Lipinski definition) is 8. The van der Waals surface area contributed by atoms with Gasteiger partial charge in [-0.3, -0.25) is 14.7 Å². The van der Waals surface area contributed by atoms with Crippen LogP contribution in [0.4, 0.5) is 5.13 Å². The summed E-state index contributed by atoms with van der Waals surface area (Å²) in [6.07, 6.45) is 0. The Hall–Kier alpha value is -2.69. The lowest BCUT2D eigenvalue weighted by atomic mass is 10.3. The third kappa shape index (κ3) is 5.52. The van der Waals surface area contributed by atoms with Crippen molar-refractivity contribution in [2.45, 2.75) is 34.9 Å². The number of hydrogen-bond donors (Lipinski definition) is 1. The second kappa shape index (κ2) is 10.1. The van der Waals surface area contributed by atoms with Crippen LogP contribution in [0.3, 0.4) is 0 Å². The van der Waals surface area contributed by atoms with Crippen LogP contribution in [0.1, 0.15) is 17.8 Å². The fourth-order valence-electron chi connectivity index (χ4n) is 2.74. The highest BCUT2D eigenvalue weighted by Gasteiger charge is 2.22. The number of aromatic nitrogens is 5. The first-order chi connectivity index (χ1) is 15.1. The zero-order valence-corrected chi connectivity index (χ0v) is 19.4. The summed E-state index contributed by atoms with van der Waals surface area (Å²) in [5.74, 6) is 1.34. The van der Waals surface area contributed by atoms with Gasteiger partial charge in [-0.15, -0.1) is 32.2 Å². The van der Waals surface area contributed by atoms with Crippen molar-refractivity contribution in [3.63, 3.8) is 0 Å². The molecule has 0 spiro atoms. The third-order valence-corrected chi connectivity index (χ3v) is 7.04. The number of thioether (sulfide) groups is 2. The molecule has 0 aliphatic heterocycles. The number of para-hydroxylation sites is 1. The van der Waals surface area contributed by atoms with Crippen molar-refractivity contribution in [3.8, 4) is 5.69 Å². The van der Waals surface area contributed by atoms with Crippen LogP contribution in [0.25, 0.3) is 5.69 Å². The molecular formula is C21H20N6OS3. The molecule has 158 valence electrons. The SMILES string of the molecule is Cc1nnc(NC(=O)C(C)Sc2nnc(CSc3ccccc3)n2-c2ccccc2)s1. The highest BCUT2D eigenvalue weighted by atomic mass is 32.2. The molecule has 0 saturated carbocycles. The number of nitrogens with zero attached hydrogens (tertiary/aromatic N) is 5. The van der Waals surface area contributed by atoms with E-state index in [9.17, 15) is 4.79 Å². The molecular weight excluding hydrogens is 448 g/mol. The fraction of sp³-hybridized carbons (Fsp3) is 0.190. The summed E-state index contributed by atoms with van der Waals surface area (Å²) in [7, 11) is 0. The van der Waals surface area contributed by atoms with E-state index in [0.29, 0.717) is 16.0 Å². The molecule has 4 aromatic rings. The molecule has 0 fully saturated rings. The van der Waals surface area contributed by atoms with E-state index in [1.165, 1.54) is 28.0 Å². The molecule has 0 saturated heterocycles. The van der Waals surface area contributed by atoms with Gasteiger partial charge >= 0.3 is 0 Å². The Bertz CT molecular complexity index is 1150. The Kier molecular flexibility index (Phi) is 7.00. The molecule has 0 radical (unpaired) electrons. The number of amides is 1. The second-order valence-electron chi connectivity index (χ2n) is 6.55. The normalized spacial score (nSPS) is 11.9. The van der Waals surface area contributed by atoms with Gasteiger partial charge in [-0.2, -0.15) is 0 Å². The Morgan fingerprint density at radius 1 is 1.03 bits per heavy atom. The van der Waals surface area contributed by atoms with Crippen LogP contribution in [0.2, 0.25) is 0 Å². The quantitative estimate of drug-likeness (QED) is 0.370. The van der Waals surface area contributed by atoms with E-state index in [0.717, 1.165) is 16.5 Å². The van der Waals surface area contributed by atoms with Crippen LogP contribution in [-0.2, 0) is 10.5 Å². The number of carbonyl (C=O) groups is 1. The first-order valence-electron chi connectivity index (χ1n) is 9.55. The second-order valence-corrected chi connectivity index (χ2v) is 10.1. The molecule has 0 aliphatic rings. The van der Waals surface area contributed by atoms with Gasteiger partial charge in [0, 0.05) is 10.6 Å². The lowest BCUT2D eigenvalue weighted by molar-refractivity contribution is -0.115. The van der Waals surface area contributed by atoms with Crippen LogP contribution >= 0.6 is 34.9 Å². The highest BCUT2D eigenvalue weighted by molar-refractivity contribution is 8.00. The lowest BCUT2D eigenvalue weighted by Gasteiger charge is -2.13. The molecule has 0 bridgehead atoms. The molecule has 31 heavy (non-hydrogen) atoms. The van der Waals surface area contributed by atoms with Crippen LogP contribution in [0.15, 0.2) is 70.7 Å². The summed E-state index contributed by atoms with van der Waals surface area (Å²) in [6.45, 7) is 3.69. The first-order valence-corrected chi connectivity index (χ1v) is 12.2. The van der Waals surface area contributed by atoms with Crippen molar-refractivity contribution in [2.75, 3.05) is 5.32 Å². The summed E-state index contributed by atoms with van der Waals surface area (Å²) < 4.78 is 2.01. The van der Waals surface area contributed by atoms with Crippen LogP contribution in [0, 0.1) is 6.92 Å². The Balaban J connectivity index is 1.53. The van der Waals surface area contributed by atoms with E-state index in [4.69, 9.17) is 0 Å². The minimum absolute atomic E-state index is 0.149. The average Bonchev–Trinajstić information content (AvgIpc) is 3.39. The molecule has 0 aliphatic carbocycles. The van der Waals surface area contributed by atoms with Crippen LogP contribution in [0.5, 0.6) is 0 Å². The standard InChI is InChI=1S/C21H20N6OS3/c1-14(19(28)22-20-25-23-15(2)31-20)30-21-26-24-18(13-29-17-11-7-4-8-12-17)27(21)16-9-5-3-6-10-16/h3-12,14H,13H2,1-2H3,(H,22,25,28). The van der Waals surface area contributed by atoms with Crippen molar-refractivity contribution in [1.82, 2.24) is 25.0 Å². The minimum atomic E-state index is -0.384. The van der Waals surface area contributed by atoms with Gasteiger partial charge in [-0.1, -0.05) is 59.5 Å². The first kappa shape index (κ1) is 21.5. The summed E-state index contributed by atoms with van der Waals surface area (Å²) in [5.41, 5.74) is 0.964. The molecule has 1 unspecified atom stereocenters. The molecule has 1 amide bonds. The number of benzene rings is 2. The zero-order valence-electron chi connectivity index (χ0n) is 16.9. The van der Waals surface area contributed by atoms with Gasteiger partial charge in [0.2, 0.25) is 11.0 Å². The van der Waals surface area contributed by atoms with Crippen LogP contribution < -0.4 is 5.32 Å². The Morgan fingerprint density at radius 2 is 1.74 bits per heavy atom. The number of nitrogens with one attached hydrogen (secondary N) is 1. The van der Waals surface area contributed by atoms with Crippen molar-refractivity contribution < 1.29 is 4.79 Å². The van der Waals surface area contributed by atoms with E-state index < -0.39 is 0 Å². The Labute approximate surface area is 192 Å². The largest absolute Gasteiger partial charge is 0.300 e. The van der Waals surface area contributed by atoms with E-state index in [-0.39, 0.29) is 11.2 Å². The molecule has 2 aromatic carbocycles.